The molecule has 0 fully saturated rings. The van der Waals surface area contributed by atoms with Crippen molar-refractivity contribution in [3.63, 3.8) is 0 Å². The first kappa shape index (κ1) is 16.6. The summed E-state index contributed by atoms with van der Waals surface area (Å²) in [7, 11) is 1.67. The predicted molar refractivity (Wildman–Crippen MR) is 94.4 cm³/mol. The smallest absolute Gasteiger partial charge is 0.247 e. The van der Waals surface area contributed by atoms with E-state index in [4.69, 9.17) is 0 Å². The van der Waals surface area contributed by atoms with E-state index in [0.29, 0.717) is 11.5 Å². The van der Waals surface area contributed by atoms with Crippen LogP contribution in [-0.2, 0) is 18.4 Å². The fourth-order valence-corrected chi connectivity index (χ4v) is 2.53. The number of nitrogens with one attached hydrogen (secondary N) is 1. The van der Waals surface area contributed by atoms with Gasteiger partial charge in [0.2, 0.25) is 5.91 Å². The van der Waals surface area contributed by atoms with Gasteiger partial charge in [-0.2, -0.15) is 20.1 Å². The van der Waals surface area contributed by atoms with Gasteiger partial charge >= 0.3 is 0 Å². The lowest BCUT2D eigenvalue weighted by molar-refractivity contribution is -0.116. The van der Waals surface area contributed by atoms with Crippen LogP contribution in [-0.4, -0.2) is 40.5 Å². The van der Waals surface area contributed by atoms with E-state index < -0.39 is 0 Å². The molecule has 10 heteroatoms. The zero-order chi connectivity index (χ0) is 18.8. The van der Waals surface area contributed by atoms with Gasteiger partial charge in [0, 0.05) is 25.0 Å². The summed E-state index contributed by atoms with van der Waals surface area (Å²) >= 11 is 0. The minimum Gasteiger partial charge on any atom is -0.306 e. The molecule has 4 rings (SSSR count). The summed E-state index contributed by atoms with van der Waals surface area (Å²) in [5, 5.41) is 19.2. The maximum atomic E-state index is 13.0. The van der Waals surface area contributed by atoms with E-state index in [1.807, 2.05) is 0 Å². The van der Waals surface area contributed by atoms with E-state index >= 15 is 0 Å². The molecule has 0 bridgehead atoms. The van der Waals surface area contributed by atoms with Crippen molar-refractivity contribution in [3.05, 3.63) is 60.9 Å². The number of hydrogen-bond donors (Lipinski definition) is 1. The summed E-state index contributed by atoms with van der Waals surface area (Å²) in [4.78, 5) is 13.4. The third kappa shape index (κ3) is 3.73. The van der Waals surface area contributed by atoms with Crippen LogP contribution in [0.4, 0.5) is 10.2 Å². The van der Waals surface area contributed by atoms with Crippen LogP contribution < -0.4 is 5.32 Å². The zero-order valence-electron chi connectivity index (χ0n) is 14.3. The number of carbonyl (C=O) groups is 1. The highest BCUT2D eigenvalue weighted by Gasteiger charge is 2.10. The number of halogens is 1. The second-order valence-electron chi connectivity index (χ2n) is 5.82. The number of nitrogens with zero attached hydrogens (tertiary/aromatic N) is 7. The summed E-state index contributed by atoms with van der Waals surface area (Å²) in [6.45, 7) is 0.0443. The van der Waals surface area contributed by atoms with Crippen molar-refractivity contribution < 1.29 is 9.18 Å². The first-order valence-corrected chi connectivity index (χ1v) is 8.07. The molecule has 1 aromatic carbocycles. The monoisotopic (exact) mass is 366 g/mol. The van der Waals surface area contributed by atoms with Gasteiger partial charge in [-0.1, -0.05) is 0 Å². The minimum atomic E-state index is -0.301. The van der Waals surface area contributed by atoms with Crippen molar-refractivity contribution >= 4 is 11.7 Å². The molecule has 0 atom stereocenters. The molecule has 9 nitrogen and oxygen atoms in total. The van der Waals surface area contributed by atoms with Gasteiger partial charge in [-0.25, -0.2) is 9.07 Å². The van der Waals surface area contributed by atoms with Gasteiger partial charge in [-0.3, -0.25) is 9.48 Å². The Morgan fingerprint density at radius 2 is 1.93 bits per heavy atom. The molecule has 0 saturated carbocycles. The number of hydrogen-bond acceptors (Lipinski definition) is 5. The predicted octanol–water partition coefficient (Wildman–Crippen LogP) is 1.64. The van der Waals surface area contributed by atoms with Gasteiger partial charge in [-0.05, 0) is 30.3 Å². The normalized spacial score (nSPS) is 10.9. The fraction of sp³-hybridized carbons (Fsp3) is 0.118. The Morgan fingerprint density at radius 1 is 1.11 bits per heavy atom. The molecule has 0 saturated heterocycles. The Hall–Kier alpha value is -3.82. The van der Waals surface area contributed by atoms with Crippen molar-refractivity contribution in [2.75, 3.05) is 5.32 Å². The van der Waals surface area contributed by atoms with Gasteiger partial charge in [0.15, 0.2) is 5.82 Å². The second-order valence-corrected chi connectivity index (χ2v) is 5.82. The van der Waals surface area contributed by atoms with Crippen LogP contribution in [0, 0.1) is 5.82 Å². The lowest BCUT2D eigenvalue weighted by atomic mass is 10.2. The van der Waals surface area contributed by atoms with E-state index in [1.165, 1.54) is 27.8 Å². The molecule has 0 aliphatic heterocycles. The third-order valence-corrected chi connectivity index (χ3v) is 3.78. The van der Waals surface area contributed by atoms with Crippen LogP contribution in [0.25, 0.3) is 16.9 Å². The molecule has 27 heavy (non-hydrogen) atoms. The number of aromatic nitrogens is 7. The molecular weight excluding hydrogens is 351 g/mol. The number of rotatable bonds is 5. The summed E-state index contributed by atoms with van der Waals surface area (Å²) < 4.78 is 16.2. The van der Waals surface area contributed by atoms with Gasteiger partial charge in [0.1, 0.15) is 12.4 Å². The maximum absolute atomic E-state index is 13.0. The van der Waals surface area contributed by atoms with Crippen LogP contribution in [0.2, 0.25) is 0 Å². The van der Waals surface area contributed by atoms with Crippen molar-refractivity contribution in [1.82, 2.24) is 34.6 Å². The number of carbonyl (C=O) groups excluding carboxylic acids is 1. The second kappa shape index (κ2) is 6.83. The summed E-state index contributed by atoms with van der Waals surface area (Å²) in [6, 6.07) is 7.83. The molecule has 3 aromatic heterocycles. The Labute approximate surface area is 153 Å². The minimum absolute atomic E-state index is 0.0443. The molecule has 0 aliphatic rings. The van der Waals surface area contributed by atoms with Crippen molar-refractivity contribution in [1.29, 1.82) is 0 Å². The number of aryl methyl sites for hydroxylation is 1. The van der Waals surface area contributed by atoms with Gasteiger partial charge in [0.05, 0.1) is 23.8 Å². The number of amides is 1. The third-order valence-electron chi connectivity index (χ3n) is 3.78. The van der Waals surface area contributed by atoms with E-state index in [0.717, 1.165) is 11.3 Å². The van der Waals surface area contributed by atoms with Crippen LogP contribution in [0.3, 0.4) is 0 Å². The lowest BCUT2D eigenvalue weighted by Gasteiger charge is -2.01. The van der Waals surface area contributed by atoms with Crippen molar-refractivity contribution in [2.24, 2.45) is 7.05 Å². The maximum Gasteiger partial charge on any atom is 0.247 e. The summed E-state index contributed by atoms with van der Waals surface area (Å²) in [5.74, 6) is -0.174. The van der Waals surface area contributed by atoms with E-state index in [-0.39, 0.29) is 18.3 Å². The molecule has 0 unspecified atom stereocenters. The van der Waals surface area contributed by atoms with Crippen LogP contribution in [0.1, 0.15) is 0 Å². The molecule has 3 heterocycles. The standard InChI is InChI=1S/C17H15FN8O/c1-24-19-9-16(23-24)21-17(27)11-25-7-6-15(22-25)12-8-20-26(10-12)14-4-2-13(18)3-5-14/h2-10H,11H2,1H3,(H,21,23,27). The highest BCUT2D eigenvalue weighted by atomic mass is 19.1. The molecule has 0 aliphatic carbocycles. The lowest BCUT2D eigenvalue weighted by Crippen LogP contribution is -2.19. The Morgan fingerprint density at radius 3 is 2.67 bits per heavy atom. The van der Waals surface area contributed by atoms with Crippen LogP contribution in [0.5, 0.6) is 0 Å². The first-order valence-electron chi connectivity index (χ1n) is 8.07. The molecule has 136 valence electrons. The average Bonchev–Trinajstić information content (AvgIpc) is 3.37. The Bertz CT molecular complexity index is 1080. The fourth-order valence-electron chi connectivity index (χ4n) is 2.53. The number of benzene rings is 1. The van der Waals surface area contributed by atoms with Crippen molar-refractivity contribution in [3.8, 4) is 16.9 Å². The molecule has 0 spiro atoms. The summed E-state index contributed by atoms with van der Waals surface area (Å²) in [6.07, 6.45) is 6.63. The topological polar surface area (TPSA) is 95.5 Å². The van der Waals surface area contributed by atoms with Crippen LogP contribution in [0.15, 0.2) is 55.1 Å². The molecule has 4 aromatic rings. The Kier molecular flexibility index (Phi) is 4.21. The molecule has 1 amide bonds. The Balaban J connectivity index is 1.44. The first-order chi connectivity index (χ1) is 13.1. The van der Waals surface area contributed by atoms with Gasteiger partial charge < -0.3 is 5.32 Å². The number of anilines is 1. The van der Waals surface area contributed by atoms with Crippen molar-refractivity contribution in [2.45, 2.75) is 6.54 Å². The highest BCUT2D eigenvalue weighted by molar-refractivity contribution is 5.89. The zero-order valence-corrected chi connectivity index (χ0v) is 14.3. The quantitative estimate of drug-likeness (QED) is 0.579. The average molecular weight is 366 g/mol. The summed E-state index contributed by atoms with van der Waals surface area (Å²) in [5.41, 5.74) is 2.20. The highest BCUT2D eigenvalue weighted by Crippen LogP contribution is 2.18. The van der Waals surface area contributed by atoms with E-state index in [1.54, 1.807) is 48.5 Å². The van der Waals surface area contributed by atoms with E-state index in [2.05, 4.69) is 25.7 Å². The van der Waals surface area contributed by atoms with E-state index in [9.17, 15) is 9.18 Å². The molecular formula is C17H15FN8O. The SMILES string of the molecule is Cn1ncc(NC(=O)Cn2ccc(-c3cnn(-c4ccc(F)cc4)c3)n2)n1. The van der Waals surface area contributed by atoms with Crippen LogP contribution >= 0.6 is 0 Å². The van der Waals surface area contributed by atoms with Gasteiger partial charge in [-0.15, -0.1) is 5.10 Å². The largest absolute Gasteiger partial charge is 0.306 e. The molecule has 0 radical (unpaired) electrons. The molecule has 1 N–H and O–H groups in total. The van der Waals surface area contributed by atoms with Gasteiger partial charge in [0.25, 0.3) is 0 Å².